The summed E-state index contributed by atoms with van der Waals surface area (Å²) in [6, 6.07) is -0.497. The number of carbonyl (C=O) groups is 2. The lowest BCUT2D eigenvalue weighted by molar-refractivity contribution is 0.0697. The number of amides is 2. The second-order valence-corrected chi connectivity index (χ2v) is 6.25. The van der Waals surface area contributed by atoms with Gasteiger partial charge in [-0.15, -0.1) is 22.7 Å². The molecule has 0 radical (unpaired) electrons. The van der Waals surface area contributed by atoms with Crippen LogP contribution in [-0.2, 0) is 0 Å². The number of aryl methyl sites for hydroxylation is 2. The number of thiazole rings is 1. The lowest BCUT2D eigenvalue weighted by atomic mass is 10.1. The van der Waals surface area contributed by atoms with Crippen LogP contribution >= 0.6 is 22.7 Å². The van der Waals surface area contributed by atoms with Crippen molar-refractivity contribution in [1.29, 1.82) is 0 Å². The molecule has 106 valence electrons. The van der Waals surface area contributed by atoms with Crippen LogP contribution in [0.2, 0.25) is 0 Å². The number of aromatic nitrogens is 1. The molecule has 0 spiro atoms. The van der Waals surface area contributed by atoms with Gasteiger partial charge in [0.25, 0.3) is 0 Å². The van der Waals surface area contributed by atoms with Crippen LogP contribution in [0.1, 0.15) is 26.5 Å². The number of hydrogen-bond acceptors (Lipinski definition) is 5. The first kappa shape index (κ1) is 14.5. The maximum Gasteiger partial charge on any atom is 0.338 e. The minimum atomic E-state index is -1.05. The summed E-state index contributed by atoms with van der Waals surface area (Å²) in [6.45, 7) is 5.37. The molecule has 0 bridgehead atoms. The van der Waals surface area contributed by atoms with Gasteiger partial charge in [0.2, 0.25) is 0 Å². The third-order valence-electron chi connectivity index (χ3n) is 2.67. The summed E-state index contributed by atoms with van der Waals surface area (Å²) < 4.78 is 0. The first-order valence-corrected chi connectivity index (χ1v) is 7.41. The van der Waals surface area contributed by atoms with Gasteiger partial charge in [0.15, 0.2) is 5.13 Å². The van der Waals surface area contributed by atoms with Gasteiger partial charge in [0.05, 0.1) is 11.3 Å². The summed E-state index contributed by atoms with van der Waals surface area (Å²) in [4.78, 5) is 28.0. The number of nitrogens with zero attached hydrogens (tertiary/aromatic N) is 1. The minimum absolute atomic E-state index is 0.137. The average molecular weight is 311 g/mol. The Kier molecular flexibility index (Phi) is 4.05. The second kappa shape index (κ2) is 5.59. The molecule has 8 heteroatoms. The topological polar surface area (TPSA) is 91.3 Å². The van der Waals surface area contributed by atoms with Crippen LogP contribution in [0.5, 0.6) is 0 Å². The van der Waals surface area contributed by atoms with E-state index in [0.717, 1.165) is 10.6 Å². The Hall–Kier alpha value is -1.93. The van der Waals surface area contributed by atoms with Crippen molar-refractivity contribution in [2.75, 3.05) is 10.6 Å². The molecule has 0 saturated carbocycles. The van der Waals surface area contributed by atoms with Crippen molar-refractivity contribution < 1.29 is 14.7 Å². The fourth-order valence-corrected chi connectivity index (χ4v) is 3.35. The number of nitrogens with one attached hydrogen (secondary N) is 2. The molecule has 0 atom stereocenters. The van der Waals surface area contributed by atoms with Crippen molar-refractivity contribution in [2.24, 2.45) is 0 Å². The monoisotopic (exact) mass is 311 g/mol. The number of carboxylic acids is 1. The molecule has 2 rings (SSSR count). The van der Waals surface area contributed by atoms with Crippen LogP contribution in [0.3, 0.4) is 0 Å². The van der Waals surface area contributed by atoms with Gasteiger partial charge in [-0.1, -0.05) is 0 Å². The van der Waals surface area contributed by atoms with Gasteiger partial charge in [-0.25, -0.2) is 14.6 Å². The van der Waals surface area contributed by atoms with Crippen molar-refractivity contribution in [1.82, 2.24) is 4.98 Å². The Morgan fingerprint density at radius 2 is 1.95 bits per heavy atom. The van der Waals surface area contributed by atoms with E-state index in [4.69, 9.17) is 0 Å². The molecule has 6 nitrogen and oxygen atoms in total. The summed E-state index contributed by atoms with van der Waals surface area (Å²) in [5, 5.41) is 17.0. The number of hydrogen-bond donors (Lipinski definition) is 3. The van der Waals surface area contributed by atoms with E-state index in [1.165, 1.54) is 22.7 Å². The second-order valence-electron chi connectivity index (χ2n) is 4.17. The van der Waals surface area contributed by atoms with Crippen LogP contribution in [0, 0.1) is 20.8 Å². The SMILES string of the molecule is Cc1csc(NC(=O)Nc2sc(C)c(C)c2C(=O)O)n1. The van der Waals surface area contributed by atoms with Crippen molar-refractivity contribution in [3.63, 3.8) is 0 Å². The first-order chi connectivity index (χ1) is 9.38. The smallest absolute Gasteiger partial charge is 0.338 e. The molecule has 20 heavy (non-hydrogen) atoms. The number of rotatable bonds is 3. The molecule has 0 aliphatic heterocycles. The van der Waals surface area contributed by atoms with E-state index in [-0.39, 0.29) is 5.56 Å². The molecule has 0 unspecified atom stereocenters. The van der Waals surface area contributed by atoms with Crippen LogP contribution in [0.25, 0.3) is 0 Å². The summed E-state index contributed by atoms with van der Waals surface area (Å²) in [5.74, 6) is -1.05. The van der Waals surface area contributed by atoms with Crippen LogP contribution in [-0.4, -0.2) is 22.1 Å². The van der Waals surface area contributed by atoms with Gasteiger partial charge in [0.1, 0.15) is 5.00 Å². The van der Waals surface area contributed by atoms with E-state index >= 15 is 0 Å². The van der Waals surface area contributed by atoms with Gasteiger partial charge >= 0.3 is 12.0 Å². The third kappa shape index (κ3) is 2.97. The van der Waals surface area contributed by atoms with Crippen LogP contribution in [0.4, 0.5) is 14.9 Å². The van der Waals surface area contributed by atoms with Gasteiger partial charge < -0.3 is 5.11 Å². The maximum absolute atomic E-state index is 11.8. The van der Waals surface area contributed by atoms with Crippen LogP contribution < -0.4 is 10.6 Å². The van der Waals surface area contributed by atoms with Crippen molar-refractivity contribution >= 4 is 44.8 Å². The zero-order valence-electron chi connectivity index (χ0n) is 11.1. The normalized spacial score (nSPS) is 10.3. The van der Waals surface area contributed by atoms with E-state index in [1.807, 2.05) is 19.2 Å². The molecule has 0 fully saturated rings. The van der Waals surface area contributed by atoms with Crippen molar-refractivity contribution in [2.45, 2.75) is 20.8 Å². The lowest BCUT2D eigenvalue weighted by Crippen LogP contribution is -2.20. The first-order valence-electron chi connectivity index (χ1n) is 5.72. The molecule has 2 aromatic heterocycles. The van der Waals surface area contributed by atoms with Crippen molar-refractivity contribution in [3.8, 4) is 0 Å². The average Bonchev–Trinajstić information content (AvgIpc) is 2.84. The van der Waals surface area contributed by atoms with Gasteiger partial charge in [0, 0.05) is 10.3 Å². The van der Waals surface area contributed by atoms with E-state index in [9.17, 15) is 14.7 Å². The summed E-state index contributed by atoms with van der Waals surface area (Å²) >= 11 is 2.55. The van der Waals surface area contributed by atoms with Gasteiger partial charge in [-0.3, -0.25) is 10.6 Å². The molecule has 0 aromatic carbocycles. The fourth-order valence-electron chi connectivity index (χ4n) is 1.62. The fraction of sp³-hybridized carbons (Fsp3) is 0.250. The van der Waals surface area contributed by atoms with Crippen LogP contribution in [0.15, 0.2) is 5.38 Å². The highest BCUT2D eigenvalue weighted by molar-refractivity contribution is 7.17. The number of urea groups is 1. The van der Waals surface area contributed by atoms with E-state index in [2.05, 4.69) is 15.6 Å². The Labute approximate surface area is 123 Å². The zero-order valence-corrected chi connectivity index (χ0v) is 12.7. The standard InChI is InChI=1S/C12H13N3O3S2/c1-5-4-19-12(13-5)15-11(18)14-9-8(10(16)17)6(2)7(3)20-9/h4H,1-3H3,(H,16,17)(H2,13,14,15,18). The number of carboxylic acid groups (broad SMARTS) is 1. The van der Waals surface area contributed by atoms with E-state index in [1.54, 1.807) is 6.92 Å². The summed E-state index contributed by atoms with van der Waals surface area (Å²) in [5.41, 5.74) is 1.63. The molecular weight excluding hydrogens is 298 g/mol. The molecule has 0 aliphatic carbocycles. The van der Waals surface area contributed by atoms with Gasteiger partial charge in [-0.2, -0.15) is 0 Å². The molecular formula is C12H13N3O3S2. The Bertz CT molecular complexity index is 676. The number of aromatic carboxylic acids is 1. The Morgan fingerprint density at radius 3 is 2.50 bits per heavy atom. The molecule has 2 amide bonds. The van der Waals surface area contributed by atoms with Gasteiger partial charge in [-0.05, 0) is 26.3 Å². The Balaban J connectivity index is 2.16. The Morgan fingerprint density at radius 1 is 1.25 bits per heavy atom. The summed E-state index contributed by atoms with van der Waals surface area (Å²) in [6.07, 6.45) is 0. The third-order valence-corrected chi connectivity index (χ3v) is 4.66. The maximum atomic E-state index is 11.8. The highest BCUT2D eigenvalue weighted by atomic mass is 32.1. The highest BCUT2D eigenvalue weighted by Gasteiger charge is 2.20. The number of thiophene rings is 1. The lowest BCUT2D eigenvalue weighted by Gasteiger charge is -2.04. The zero-order chi connectivity index (χ0) is 14.9. The predicted molar refractivity (Wildman–Crippen MR) is 80.2 cm³/mol. The van der Waals surface area contributed by atoms with E-state index in [0.29, 0.717) is 15.7 Å². The molecule has 2 aromatic rings. The number of carbonyl (C=O) groups excluding carboxylic acids is 1. The van der Waals surface area contributed by atoms with E-state index < -0.39 is 12.0 Å². The highest BCUT2D eigenvalue weighted by Crippen LogP contribution is 2.32. The minimum Gasteiger partial charge on any atom is -0.478 e. The number of anilines is 2. The largest absolute Gasteiger partial charge is 0.478 e. The molecule has 2 heterocycles. The summed E-state index contributed by atoms with van der Waals surface area (Å²) in [7, 11) is 0. The van der Waals surface area contributed by atoms with Crippen molar-refractivity contribution in [3.05, 3.63) is 27.1 Å². The molecule has 3 N–H and O–H groups in total. The predicted octanol–water partition coefficient (Wildman–Crippen LogP) is 3.47. The quantitative estimate of drug-likeness (QED) is 0.809. The molecule has 0 saturated heterocycles. The molecule has 0 aliphatic rings.